The summed E-state index contributed by atoms with van der Waals surface area (Å²) in [5.74, 6) is 0.585. The monoisotopic (exact) mass is 269 g/mol. The topological polar surface area (TPSA) is 44.4 Å². The Morgan fingerprint density at radius 2 is 1.74 bits per heavy atom. The van der Waals surface area contributed by atoms with Gasteiger partial charge in [0.25, 0.3) is 0 Å². The molecule has 4 nitrogen and oxygen atoms in total. The Morgan fingerprint density at radius 3 is 2.32 bits per heavy atom. The summed E-state index contributed by atoms with van der Waals surface area (Å²) in [7, 11) is 0. The van der Waals surface area contributed by atoms with E-state index in [0.29, 0.717) is 18.5 Å². The normalized spacial score (nSPS) is 20.3. The van der Waals surface area contributed by atoms with Crippen molar-refractivity contribution in [3.63, 3.8) is 0 Å². The Labute approximate surface area is 118 Å². The van der Waals surface area contributed by atoms with Crippen LogP contribution in [-0.2, 0) is 4.79 Å². The largest absolute Gasteiger partial charge is 0.352 e. The van der Waals surface area contributed by atoms with Crippen LogP contribution < -0.4 is 10.6 Å². The van der Waals surface area contributed by atoms with Crippen LogP contribution >= 0.6 is 0 Å². The number of carbonyl (C=O) groups excluding carboxylic acids is 1. The summed E-state index contributed by atoms with van der Waals surface area (Å²) in [6, 6.07) is 0.616. The summed E-state index contributed by atoms with van der Waals surface area (Å²) in [6.45, 7) is 12.4. The van der Waals surface area contributed by atoms with E-state index >= 15 is 0 Å². The van der Waals surface area contributed by atoms with Crippen LogP contribution in [0.3, 0.4) is 0 Å². The van der Waals surface area contributed by atoms with E-state index in [0.717, 1.165) is 6.54 Å². The fraction of sp³-hybridized carbons (Fsp3) is 0.933. The van der Waals surface area contributed by atoms with Gasteiger partial charge in [-0.1, -0.05) is 20.3 Å². The van der Waals surface area contributed by atoms with Crippen LogP contribution in [0, 0.1) is 5.92 Å². The van der Waals surface area contributed by atoms with Crippen LogP contribution in [0.15, 0.2) is 0 Å². The Balaban J connectivity index is 2.14. The zero-order valence-electron chi connectivity index (χ0n) is 13.0. The third-order valence-electron chi connectivity index (χ3n) is 3.98. The second-order valence-corrected chi connectivity index (χ2v) is 6.24. The molecule has 1 aliphatic heterocycles. The van der Waals surface area contributed by atoms with Crippen LogP contribution in [-0.4, -0.2) is 49.1 Å². The number of likely N-dealkylation sites (tertiary alicyclic amines) is 1. The van der Waals surface area contributed by atoms with E-state index in [2.05, 4.69) is 43.2 Å². The fourth-order valence-electron chi connectivity index (χ4n) is 2.33. The van der Waals surface area contributed by atoms with Crippen molar-refractivity contribution in [3.05, 3.63) is 0 Å². The van der Waals surface area contributed by atoms with Crippen molar-refractivity contribution in [1.82, 2.24) is 15.5 Å². The maximum Gasteiger partial charge on any atom is 0.234 e. The zero-order valence-corrected chi connectivity index (χ0v) is 13.0. The number of piperidine rings is 1. The first-order valence-electron chi connectivity index (χ1n) is 7.74. The summed E-state index contributed by atoms with van der Waals surface area (Å²) in [5.41, 5.74) is 0. The molecule has 1 heterocycles. The van der Waals surface area contributed by atoms with Gasteiger partial charge in [-0.3, -0.25) is 4.79 Å². The molecule has 0 aliphatic carbocycles. The molecule has 0 aromatic carbocycles. The highest BCUT2D eigenvalue weighted by atomic mass is 16.1. The van der Waals surface area contributed by atoms with Gasteiger partial charge in [0, 0.05) is 18.6 Å². The first-order chi connectivity index (χ1) is 8.99. The molecule has 2 unspecified atom stereocenters. The van der Waals surface area contributed by atoms with Crippen LogP contribution in [0.2, 0.25) is 0 Å². The number of nitrogens with zero attached hydrogens (tertiary/aromatic N) is 1. The average molecular weight is 269 g/mol. The molecule has 0 radical (unpaired) electrons. The summed E-state index contributed by atoms with van der Waals surface area (Å²) < 4.78 is 0. The van der Waals surface area contributed by atoms with Gasteiger partial charge in [0.15, 0.2) is 0 Å². The third kappa shape index (κ3) is 6.92. The molecule has 0 aromatic heterocycles. The standard InChI is InChI=1S/C15H31N3O/c1-12(2)14(4)17-15(19)10-16-13(3)11-18-8-6-5-7-9-18/h12-14,16H,5-11H2,1-4H3,(H,17,19). The van der Waals surface area contributed by atoms with Gasteiger partial charge in [0.1, 0.15) is 0 Å². The Kier molecular flexibility index (Phi) is 7.39. The SMILES string of the molecule is CC(CN1CCCCC1)NCC(=O)NC(C)C(C)C. The number of hydrogen-bond donors (Lipinski definition) is 2. The minimum Gasteiger partial charge on any atom is -0.352 e. The lowest BCUT2D eigenvalue weighted by Crippen LogP contribution is -2.46. The smallest absolute Gasteiger partial charge is 0.234 e. The van der Waals surface area contributed by atoms with E-state index in [1.807, 2.05) is 0 Å². The maximum atomic E-state index is 11.8. The highest BCUT2D eigenvalue weighted by Gasteiger charge is 2.15. The molecule has 0 bridgehead atoms. The quantitative estimate of drug-likeness (QED) is 0.738. The van der Waals surface area contributed by atoms with Crippen LogP contribution in [0.1, 0.15) is 47.0 Å². The van der Waals surface area contributed by atoms with Gasteiger partial charge in [-0.15, -0.1) is 0 Å². The molecule has 1 aliphatic rings. The molecule has 0 spiro atoms. The summed E-state index contributed by atoms with van der Waals surface area (Å²) >= 11 is 0. The minimum absolute atomic E-state index is 0.103. The lowest BCUT2D eigenvalue weighted by Gasteiger charge is -2.29. The maximum absolute atomic E-state index is 11.8. The van der Waals surface area contributed by atoms with Crippen molar-refractivity contribution in [2.45, 2.75) is 59.0 Å². The molecule has 2 N–H and O–H groups in total. The molecular weight excluding hydrogens is 238 g/mol. The first kappa shape index (κ1) is 16.4. The van der Waals surface area contributed by atoms with Crippen LogP contribution in [0.5, 0.6) is 0 Å². The molecule has 1 fully saturated rings. The van der Waals surface area contributed by atoms with Crippen molar-refractivity contribution < 1.29 is 4.79 Å². The Bertz CT molecular complexity index is 262. The van der Waals surface area contributed by atoms with Crippen molar-refractivity contribution in [3.8, 4) is 0 Å². The highest BCUT2D eigenvalue weighted by Crippen LogP contribution is 2.08. The van der Waals surface area contributed by atoms with E-state index in [1.54, 1.807) is 0 Å². The van der Waals surface area contributed by atoms with Gasteiger partial charge in [-0.05, 0) is 45.7 Å². The van der Waals surface area contributed by atoms with Gasteiger partial charge in [-0.2, -0.15) is 0 Å². The third-order valence-corrected chi connectivity index (χ3v) is 3.98. The lowest BCUT2D eigenvalue weighted by molar-refractivity contribution is -0.121. The molecule has 0 saturated carbocycles. The van der Waals surface area contributed by atoms with Gasteiger partial charge >= 0.3 is 0 Å². The molecule has 0 aromatic rings. The first-order valence-corrected chi connectivity index (χ1v) is 7.74. The molecule has 1 rings (SSSR count). The van der Waals surface area contributed by atoms with Crippen molar-refractivity contribution in [2.24, 2.45) is 5.92 Å². The minimum atomic E-state index is 0.103. The van der Waals surface area contributed by atoms with Gasteiger partial charge in [0.05, 0.1) is 6.54 Å². The molecule has 112 valence electrons. The molecule has 2 atom stereocenters. The predicted molar refractivity (Wildman–Crippen MR) is 80.2 cm³/mol. The number of rotatable bonds is 7. The van der Waals surface area contributed by atoms with Gasteiger partial charge in [0.2, 0.25) is 5.91 Å². The predicted octanol–water partition coefficient (Wildman–Crippen LogP) is 1.61. The number of amides is 1. The summed E-state index contributed by atoms with van der Waals surface area (Å²) in [5, 5.41) is 6.34. The zero-order chi connectivity index (χ0) is 14.3. The second-order valence-electron chi connectivity index (χ2n) is 6.24. The lowest BCUT2D eigenvalue weighted by atomic mass is 10.1. The van der Waals surface area contributed by atoms with Crippen LogP contribution in [0.4, 0.5) is 0 Å². The molecule has 1 amide bonds. The fourth-order valence-corrected chi connectivity index (χ4v) is 2.33. The van der Waals surface area contributed by atoms with E-state index in [4.69, 9.17) is 0 Å². The molecule has 4 heteroatoms. The number of carbonyl (C=O) groups is 1. The molecular formula is C15H31N3O. The second kappa shape index (κ2) is 8.54. The van der Waals surface area contributed by atoms with Crippen molar-refractivity contribution >= 4 is 5.91 Å². The van der Waals surface area contributed by atoms with E-state index in [9.17, 15) is 4.79 Å². The van der Waals surface area contributed by atoms with Crippen LogP contribution in [0.25, 0.3) is 0 Å². The Hall–Kier alpha value is -0.610. The Morgan fingerprint density at radius 1 is 1.11 bits per heavy atom. The summed E-state index contributed by atoms with van der Waals surface area (Å²) in [4.78, 5) is 14.3. The number of hydrogen-bond acceptors (Lipinski definition) is 3. The average Bonchev–Trinajstić information content (AvgIpc) is 2.37. The highest BCUT2D eigenvalue weighted by molar-refractivity contribution is 5.78. The molecule has 1 saturated heterocycles. The van der Waals surface area contributed by atoms with E-state index in [1.165, 1.54) is 32.4 Å². The number of nitrogens with one attached hydrogen (secondary N) is 2. The van der Waals surface area contributed by atoms with E-state index in [-0.39, 0.29) is 11.9 Å². The summed E-state index contributed by atoms with van der Waals surface area (Å²) in [6.07, 6.45) is 4.01. The van der Waals surface area contributed by atoms with E-state index < -0.39 is 0 Å². The molecule has 19 heavy (non-hydrogen) atoms. The van der Waals surface area contributed by atoms with Gasteiger partial charge < -0.3 is 15.5 Å². The van der Waals surface area contributed by atoms with Crippen molar-refractivity contribution in [1.29, 1.82) is 0 Å². The van der Waals surface area contributed by atoms with Crippen molar-refractivity contribution in [2.75, 3.05) is 26.2 Å². The van der Waals surface area contributed by atoms with Gasteiger partial charge in [-0.25, -0.2) is 0 Å².